The molecule has 1 aliphatic heterocycles. The fourth-order valence-electron chi connectivity index (χ4n) is 2.87. The van der Waals surface area contributed by atoms with E-state index in [4.69, 9.17) is 0 Å². The van der Waals surface area contributed by atoms with Crippen LogP contribution in [0.5, 0.6) is 5.75 Å². The van der Waals surface area contributed by atoms with Crippen LogP contribution in [0.2, 0.25) is 0 Å². The highest BCUT2D eigenvalue weighted by Gasteiger charge is 2.38. The van der Waals surface area contributed by atoms with Crippen molar-refractivity contribution in [2.45, 2.75) is 33.2 Å². The summed E-state index contributed by atoms with van der Waals surface area (Å²) in [5.74, 6) is -1.65. The number of aliphatic carboxylic acids is 1. The average molecular weight is 295 g/mol. The number of piperidine rings is 1. The Kier molecular flexibility index (Phi) is 4.52. The minimum Gasteiger partial charge on any atom is -0.505 e. The maximum atomic E-state index is 13.4. The van der Waals surface area contributed by atoms with E-state index in [1.165, 1.54) is 12.1 Å². The number of benzene rings is 1. The second-order valence-electron chi connectivity index (χ2n) is 6.39. The molecule has 2 N–H and O–H groups in total. The first kappa shape index (κ1) is 15.8. The Bertz CT molecular complexity index is 530. The summed E-state index contributed by atoms with van der Waals surface area (Å²) in [6, 6.07) is 4.39. The third kappa shape index (κ3) is 3.53. The SMILES string of the molecule is CC(C)(C(=O)O)C1CCCN(Cc2ccc(O)c(F)c2)C1. The van der Waals surface area contributed by atoms with Gasteiger partial charge >= 0.3 is 5.97 Å². The van der Waals surface area contributed by atoms with Gasteiger partial charge in [-0.05, 0) is 56.8 Å². The van der Waals surface area contributed by atoms with Crippen molar-refractivity contribution in [3.63, 3.8) is 0 Å². The second kappa shape index (κ2) is 6.02. The smallest absolute Gasteiger partial charge is 0.309 e. The number of carboxylic acid groups (broad SMARTS) is 1. The summed E-state index contributed by atoms with van der Waals surface area (Å²) in [5.41, 5.74) is 0.0397. The molecular weight excluding hydrogens is 273 g/mol. The Hall–Kier alpha value is -1.62. The molecule has 0 radical (unpaired) electrons. The molecule has 0 spiro atoms. The van der Waals surface area contributed by atoms with Gasteiger partial charge < -0.3 is 10.2 Å². The monoisotopic (exact) mass is 295 g/mol. The van der Waals surface area contributed by atoms with Crippen molar-refractivity contribution in [3.8, 4) is 5.75 Å². The van der Waals surface area contributed by atoms with E-state index in [0.29, 0.717) is 13.1 Å². The minimum atomic E-state index is -0.773. The first-order chi connectivity index (χ1) is 9.80. The van der Waals surface area contributed by atoms with Gasteiger partial charge in [0.2, 0.25) is 0 Å². The van der Waals surface area contributed by atoms with Crippen LogP contribution in [0.4, 0.5) is 4.39 Å². The summed E-state index contributed by atoms with van der Waals surface area (Å²) >= 11 is 0. The van der Waals surface area contributed by atoms with Gasteiger partial charge in [0.25, 0.3) is 0 Å². The average Bonchev–Trinajstić information content (AvgIpc) is 2.43. The van der Waals surface area contributed by atoms with Crippen LogP contribution in [0.15, 0.2) is 18.2 Å². The van der Waals surface area contributed by atoms with Crippen molar-refractivity contribution in [3.05, 3.63) is 29.6 Å². The predicted octanol–water partition coefficient (Wildman–Crippen LogP) is 2.85. The Morgan fingerprint density at radius 1 is 1.48 bits per heavy atom. The summed E-state index contributed by atoms with van der Waals surface area (Å²) in [5, 5.41) is 18.5. The van der Waals surface area contributed by atoms with Crippen LogP contribution in [-0.4, -0.2) is 34.2 Å². The molecular formula is C16H22FNO3. The van der Waals surface area contributed by atoms with Crippen molar-refractivity contribution in [1.29, 1.82) is 0 Å². The normalized spacial score (nSPS) is 20.4. The fourth-order valence-corrected chi connectivity index (χ4v) is 2.87. The molecule has 0 aliphatic carbocycles. The van der Waals surface area contributed by atoms with Gasteiger partial charge in [0, 0.05) is 13.1 Å². The van der Waals surface area contributed by atoms with Crippen LogP contribution in [-0.2, 0) is 11.3 Å². The maximum Gasteiger partial charge on any atom is 0.309 e. The van der Waals surface area contributed by atoms with E-state index in [0.717, 1.165) is 24.9 Å². The topological polar surface area (TPSA) is 60.8 Å². The number of carboxylic acids is 1. The Labute approximate surface area is 124 Å². The van der Waals surface area contributed by atoms with Gasteiger partial charge in [0.05, 0.1) is 5.41 Å². The molecule has 1 atom stereocenters. The Balaban J connectivity index is 2.04. The molecule has 1 unspecified atom stereocenters. The lowest BCUT2D eigenvalue weighted by atomic mass is 9.74. The number of halogens is 1. The molecule has 5 heteroatoms. The molecule has 21 heavy (non-hydrogen) atoms. The van der Waals surface area contributed by atoms with Crippen molar-refractivity contribution in [2.24, 2.45) is 11.3 Å². The molecule has 0 aromatic heterocycles. The molecule has 1 saturated heterocycles. The van der Waals surface area contributed by atoms with Gasteiger partial charge in [-0.1, -0.05) is 6.07 Å². The number of nitrogens with zero attached hydrogens (tertiary/aromatic N) is 1. The van der Waals surface area contributed by atoms with E-state index in [-0.39, 0.29) is 11.7 Å². The number of likely N-dealkylation sites (tertiary alicyclic amines) is 1. The highest BCUT2D eigenvalue weighted by atomic mass is 19.1. The molecule has 1 fully saturated rings. The number of rotatable bonds is 4. The third-order valence-corrected chi connectivity index (χ3v) is 4.50. The molecule has 116 valence electrons. The fraction of sp³-hybridized carbons (Fsp3) is 0.562. The quantitative estimate of drug-likeness (QED) is 0.896. The van der Waals surface area contributed by atoms with Crippen molar-refractivity contribution in [2.75, 3.05) is 13.1 Å². The van der Waals surface area contributed by atoms with E-state index in [1.807, 2.05) is 0 Å². The highest BCUT2D eigenvalue weighted by Crippen LogP contribution is 2.34. The minimum absolute atomic E-state index is 0.0886. The number of hydrogen-bond acceptors (Lipinski definition) is 3. The van der Waals surface area contributed by atoms with Gasteiger partial charge in [-0.15, -0.1) is 0 Å². The Morgan fingerprint density at radius 2 is 2.19 bits per heavy atom. The predicted molar refractivity (Wildman–Crippen MR) is 77.5 cm³/mol. The number of phenolic OH excluding ortho intramolecular Hbond substituents is 1. The number of hydrogen-bond donors (Lipinski definition) is 2. The summed E-state index contributed by atoms with van der Waals surface area (Å²) in [4.78, 5) is 13.5. The van der Waals surface area contributed by atoms with E-state index in [1.54, 1.807) is 19.9 Å². The van der Waals surface area contributed by atoms with Crippen molar-refractivity contribution < 1.29 is 19.4 Å². The summed E-state index contributed by atoms with van der Waals surface area (Å²) in [6.07, 6.45) is 1.85. The van der Waals surface area contributed by atoms with Crippen LogP contribution in [0, 0.1) is 17.2 Å². The zero-order valence-electron chi connectivity index (χ0n) is 12.5. The van der Waals surface area contributed by atoms with Crippen molar-refractivity contribution >= 4 is 5.97 Å². The van der Waals surface area contributed by atoms with E-state index < -0.39 is 17.2 Å². The van der Waals surface area contributed by atoms with Crippen LogP contribution in [0.25, 0.3) is 0 Å². The first-order valence-electron chi connectivity index (χ1n) is 7.24. The van der Waals surface area contributed by atoms with Gasteiger partial charge in [-0.25, -0.2) is 4.39 Å². The molecule has 2 rings (SSSR count). The summed E-state index contributed by atoms with van der Waals surface area (Å²) < 4.78 is 13.4. The molecule has 0 amide bonds. The third-order valence-electron chi connectivity index (χ3n) is 4.50. The molecule has 4 nitrogen and oxygen atoms in total. The van der Waals surface area contributed by atoms with E-state index in [9.17, 15) is 19.4 Å². The van der Waals surface area contributed by atoms with Gasteiger partial charge in [0.1, 0.15) is 0 Å². The van der Waals surface area contributed by atoms with E-state index >= 15 is 0 Å². The van der Waals surface area contributed by atoms with Gasteiger partial charge in [-0.3, -0.25) is 9.69 Å². The lowest BCUT2D eigenvalue weighted by molar-refractivity contribution is -0.151. The zero-order valence-corrected chi connectivity index (χ0v) is 12.5. The van der Waals surface area contributed by atoms with Crippen LogP contribution in [0.3, 0.4) is 0 Å². The van der Waals surface area contributed by atoms with Crippen molar-refractivity contribution in [1.82, 2.24) is 4.90 Å². The second-order valence-corrected chi connectivity index (χ2v) is 6.39. The van der Waals surface area contributed by atoms with Gasteiger partial charge in [0.15, 0.2) is 11.6 Å². The summed E-state index contributed by atoms with van der Waals surface area (Å²) in [6.45, 7) is 5.69. The van der Waals surface area contributed by atoms with Gasteiger partial charge in [-0.2, -0.15) is 0 Å². The molecule has 1 aromatic carbocycles. The molecule has 1 heterocycles. The van der Waals surface area contributed by atoms with Crippen LogP contribution < -0.4 is 0 Å². The molecule has 0 bridgehead atoms. The highest BCUT2D eigenvalue weighted by molar-refractivity contribution is 5.74. The molecule has 1 aliphatic rings. The molecule has 0 saturated carbocycles. The number of phenols is 1. The number of carbonyl (C=O) groups is 1. The lowest BCUT2D eigenvalue weighted by Gasteiger charge is -2.39. The first-order valence-corrected chi connectivity index (χ1v) is 7.24. The number of aromatic hydroxyl groups is 1. The molecule has 1 aromatic rings. The standard InChI is InChI=1S/C16H22FNO3/c1-16(2,15(20)21)12-4-3-7-18(10-12)9-11-5-6-14(19)13(17)8-11/h5-6,8,12,19H,3-4,7,9-10H2,1-2H3,(H,20,21). The summed E-state index contributed by atoms with van der Waals surface area (Å²) in [7, 11) is 0. The van der Waals surface area contributed by atoms with Crippen LogP contribution >= 0.6 is 0 Å². The zero-order chi connectivity index (χ0) is 15.6. The lowest BCUT2D eigenvalue weighted by Crippen LogP contribution is -2.44. The van der Waals surface area contributed by atoms with E-state index in [2.05, 4.69) is 4.90 Å². The van der Waals surface area contributed by atoms with Crippen LogP contribution in [0.1, 0.15) is 32.3 Å². The largest absolute Gasteiger partial charge is 0.505 e. The Morgan fingerprint density at radius 3 is 2.81 bits per heavy atom. The maximum absolute atomic E-state index is 13.4.